The van der Waals surface area contributed by atoms with E-state index in [0.717, 1.165) is 23.9 Å². The summed E-state index contributed by atoms with van der Waals surface area (Å²) in [5.74, 6) is -0.241. The lowest BCUT2D eigenvalue weighted by Crippen LogP contribution is -2.35. The second kappa shape index (κ2) is 16.9. The Morgan fingerprint density at radius 2 is 1.81 bits per heavy atom. The molecular weight excluding hydrogens is 717 g/mol. The van der Waals surface area contributed by atoms with Crippen LogP contribution in [0.5, 0.6) is 5.75 Å². The second-order valence-corrected chi connectivity index (χ2v) is 15.2. The predicted molar refractivity (Wildman–Crippen MR) is 194 cm³/mol. The van der Waals surface area contributed by atoms with Crippen molar-refractivity contribution in [2.24, 2.45) is 0 Å². The van der Waals surface area contributed by atoms with Crippen molar-refractivity contribution in [1.82, 2.24) is 4.72 Å². The number of carboxylic acid groups (broad SMARTS) is 1. The third kappa shape index (κ3) is 10.0. The SMILES string of the molecule is C.Cc1ccc2c(c1)oc(C=CC=C1Oc3cc(S(=O)(=O)O)ccc3N1CCCS(=O)(=O)NCc1ccccc1[N+](=O)[O-])[n+]2CCCCCC(=O)O. The number of allylic oxidation sites excluding steroid dienone is 2. The number of nitro groups is 1. The van der Waals surface area contributed by atoms with E-state index < -0.39 is 31.0 Å². The van der Waals surface area contributed by atoms with Gasteiger partial charge in [0.15, 0.2) is 12.3 Å². The number of sulfonamides is 1. The fraction of sp³-hybridized carbons (Fsp3) is 0.314. The minimum atomic E-state index is -4.53. The number of hydrogen-bond donors (Lipinski definition) is 3. The zero-order valence-corrected chi connectivity index (χ0v) is 29.2. The maximum absolute atomic E-state index is 12.8. The topological polar surface area (TPSA) is 210 Å². The van der Waals surface area contributed by atoms with Gasteiger partial charge in [0.2, 0.25) is 21.5 Å². The molecule has 52 heavy (non-hydrogen) atoms. The van der Waals surface area contributed by atoms with Gasteiger partial charge in [-0.2, -0.15) is 13.0 Å². The number of hydrogen-bond acceptors (Lipinski definition) is 10. The number of unbranched alkanes of at least 4 members (excludes halogenated alkanes) is 2. The molecule has 3 N–H and O–H groups in total. The summed E-state index contributed by atoms with van der Waals surface area (Å²) in [4.78, 5) is 22.9. The van der Waals surface area contributed by atoms with Gasteiger partial charge in [0.1, 0.15) is 0 Å². The van der Waals surface area contributed by atoms with Crippen LogP contribution in [0.1, 0.15) is 56.5 Å². The van der Waals surface area contributed by atoms with E-state index in [1.54, 1.807) is 29.2 Å². The Bertz CT molecular complexity index is 2230. The summed E-state index contributed by atoms with van der Waals surface area (Å²) in [6, 6.07) is 15.5. The van der Waals surface area contributed by atoms with Gasteiger partial charge in [0.25, 0.3) is 21.3 Å². The number of rotatable bonds is 17. The highest BCUT2D eigenvalue weighted by atomic mass is 32.2. The van der Waals surface area contributed by atoms with Crippen LogP contribution in [0.15, 0.2) is 88.0 Å². The largest absolute Gasteiger partial charge is 0.481 e. The summed E-state index contributed by atoms with van der Waals surface area (Å²) < 4.78 is 75.4. The molecule has 0 saturated heterocycles. The second-order valence-electron chi connectivity index (χ2n) is 11.9. The number of oxazole rings is 1. The van der Waals surface area contributed by atoms with Crippen LogP contribution in [0, 0.1) is 17.0 Å². The molecule has 0 spiro atoms. The number of aromatic nitrogens is 1. The van der Waals surface area contributed by atoms with Crippen LogP contribution in [0.4, 0.5) is 11.4 Å². The third-order valence-electron chi connectivity index (χ3n) is 8.10. The average Bonchev–Trinajstić information content (AvgIpc) is 3.59. The minimum Gasteiger partial charge on any atom is -0.481 e. The van der Waals surface area contributed by atoms with Crippen LogP contribution >= 0.6 is 0 Å². The Morgan fingerprint density at radius 1 is 1.04 bits per heavy atom. The van der Waals surface area contributed by atoms with E-state index in [-0.39, 0.29) is 66.9 Å². The van der Waals surface area contributed by atoms with E-state index in [1.807, 2.05) is 29.7 Å². The van der Waals surface area contributed by atoms with Crippen molar-refractivity contribution >= 4 is 54.7 Å². The van der Waals surface area contributed by atoms with Gasteiger partial charge in [-0.3, -0.25) is 19.5 Å². The molecule has 1 aliphatic rings. The van der Waals surface area contributed by atoms with Crippen molar-refractivity contribution in [1.29, 1.82) is 0 Å². The Kier molecular flexibility index (Phi) is 12.9. The van der Waals surface area contributed by atoms with Gasteiger partial charge in [-0.1, -0.05) is 31.7 Å². The molecule has 1 aromatic heterocycles. The molecule has 4 aromatic rings. The standard InChI is InChI=1S/C34H36N4O11S2.CH4/c1-24-14-16-28-30(21-24)48-32(36(28)18-6-2-3-13-34(39)40)11-7-12-33-37(29-17-15-26(51(45,46)47)22-31(29)49-33)19-8-20-50(43,44)35-23-25-9-4-5-10-27(25)38(41)42;/h4-5,7,9-12,14-17,21-22,35H,2-3,6,8,13,18-20,23H2,1H3,(H-,39,40,45,46,47);1H4/p+1. The van der Waals surface area contributed by atoms with Crippen LogP contribution in [-0.4, -0.2) is 49.7 Å². The molecule has 0 radical (unpaired) electrons. The summed E-state index contributed by atoms with van der Waals surface area (Å²) in [6.45, 7) is 2.40. The normalized spacial score (nSPS) is 13.7. The van der Waals surface area contributed by atoms with Crippen molar-refractivity contribution in [2.45, 2.75) is 64.4 Å². The zero-order chi connectivity index (χ0) is 36.8. The van der Waals surface area contributed by atoms with Gasteiger partial charge in [-0.15, -0.1) is 0 Å². The first kappa shape index (κ1) is 39.7. The zero-order valence-electron chi connectivity index (χ0n) is 27.6. The predicted octanol–water partition coefficient (Wildman–Crippen LogP) is 5.73. The molecule has 1 aliphatic heterocycles. The number of ether oxygens (including phenoxy) is 1. The van der Waals surface area contributed by atoms with Gasteiger partial charge >= 0.3 is 11.9 Å². The molecule has 0 aliphatic carbocycles. The molecule has 15 nitrogen and oxygen atoms in total. The van der Waals surface area contributed by atoms with Crippen molar-refractivity contribution in [2.75, 3.05) is 17.2 Å². The highest BCUT2D eigenvalue weighted by Gasteiger charge is 2.29. The van der Waals surface area contributed by atoms with Gasteiger partial charge in [-0.05, 0) is 62.1 Å². The average molecular weight is 758 g/mol. The van der Waals surface area contributed by atoms with Crippen LogP contribution in [0.2, 0.25) is 0 Å². The third-order valence-corrected chi connectivity index (χ3v) is 10.4. The molecular formula is C35H41N4O11S2+. The van der Waals surface area contributed by atoms with Gasteiger partial charge < -0.3 is 19.2 Å². The van der Waals surface area contributed by atoms with Crippen molar-refractivity contribution in [3.05, 3.63) is 106 Å². The number of para-hydroxylation sites is 1. The Labute approximate surface area is 301 Å². The lowest BCUT2D eigenvalue weighted by Gasteiger charge is -2.18. The smallest absolute Gasteiger partial charge is 0.374 e. The van der Waals surface area contributed by atoms with E-state index in [1.165, 1.54) is 36.4 Å². The number of aliphatic carboxylic acids is 1. The number of benzene rings is 3. The summed E-state index contributed by atoms with van der Waals surface area (Å²) in [5, 5.41) is 20.3. The highest BCUT2D eigenvalue weighted by Crippen LogP contribution is 2.40. The van der Waals surface area contributed by atoms with Crippen molar-refractivity contribution in [3.63, 3.8) is 0 Å². The Hall–Kier alpha value is -5.10. The van der Waals surface area contributed by atoms with E-state index >= 15 is 0 Å². The number of nitrogens with zero attached hydrogens (tertiary/aromatic N) is 3. The van der Waals surface area contributed by atoms with Crippen molar-refractivity contribution in [3.8, 4) is 5.75 Å². The summed E-state index contributed by atoms with van der Waals surface area (Å²) in [7, 11) is -8.38. The molecule has 0 amide bonds. The van der Waals surface area contributed by atoms with E-state index in [9.17, 15) is 36.3 Å². The lowest BCUT2D eigenvalue weighted by molar-refractivity contribution is -0.678. The molecule has 0 atom stereocenters. The molecule has 2 heterocycles. The first-order valence-electron chi connectivity index (χ1n) is 16.0. The molecule has 5 rings (SSSR count). The molecule has 0 saturated carbocycles. The van der Waals surface area contributed by atoms with Crippen molar-refractivity contribution < 1.29 is 49.9 Å². The highest BCUT2D eigenvalue weighted by molar-refractivity contribution is 7.89. The molecule has 0 unspecified atom stereocenters. The maximum Gasteiger partial charge on any atom is 0.374 e. The number of nitro benzene ring substituents is 1. The van der Waals surface area contributed by atoms with Crippen LogP contribution in [0.25, 0.3) is 17.2 Å². The van der Waals surface area contributed by atoms with E-state index in [0.29, 0.717) is 30.1 Å². The molecule has 17 heteroatoms. The quantitative estimate of drug-likeness (QED) is 0.0388. The lowest BCUT2D eigenvalue weighted by atomic mass is 10.2. The Balaban J connectivity index is 0.00000605. The first-order valence-corrected chi connectivity index (χ1v) is 19.1. The summed E-state index contributed by atoms with van der Waals surface area (Å²) in [5.41, 5.74) is 3.03. The molecule has 0 fully saturated rings. The number of nitrogens with one attached hydrogen (secondary N) is 1. The van der Waals surface area contributed by atoms with Gasteiger partial charge in [0, 0.05) is 49.7 Å². The van der Waals surface area contributed by atoms with E-state index in [4.69, 9.17) is 14.3 Å². The number of anilines is 1. The number of fused-ring (bicyclic) bond motifs is 2. The van der Waals surface area contributed by atoms with Crippen LogP contribution < -0.4 is 18.9 Å². The maximum atomic E-state index is 12.8. The number of aryl methyl sites for hydroxylation is 2. The van der Waals surface area contributed by atoms with Crippen LogP contribution in [0.3, 0.4) is 0 Å². The van der Waals surface area contributed by atoms with Gasteiger partial charge in [-0.25, -0.2) is 13.1 Å². The van der Waals surface area contributed by atoms with Crippen LogP contribution in [-0.2, 0) is 38.0 Å². The fourth-order valence-electron chi connectivity index (χ4n) is 5.61. The number of carbonyl (C=O) groups is 1. The molecule has 3 aromatic carbocycles. The number of carboxylic acids is 1. The minimum absolute atomic E-state index is 0. The van der Waals surface area contributed by atoms with E-state index in [2.05, 4.69) is 4.72 Å². The van der Waals surface area contributed by atoms with Gasteiger partial charge in [0.05, 0.1) is 27.3 Å². The first-order chi connectivity index (χ1) is 24.2. The Morgan fingerprint density at radius 3 is 2.54 bits per heavy atom. The summed E-state index contributed by atoms with van der Waals surface area (Å²) >= 11 is 0. The monoisotopic (exact) mass is 757 g/mol. The molecule has 278 valence electrons. The fourth-order valence-corrected chi connectivity index (χ4v) is 7.14. The molecule has 0 bridgehead atoms. The summed E-state index contributed by atoms with van der Waals surface area (Å²) in [6.07, 6.45) is 7.22.